The molecule has 4 heteroatoms. The van der Waals surface area contributed by atoms with Crippen molar-refractivity contribution in [2.75, 3.05) is 0 Å². The van der Waals surface area contributed by atoms with Crippen molar-refractivity contribution in [1.29, 1.82) is 0 Å². The van der Waals surface area contributed by atoms with Gasteiger partial charge in [-0.2, -0.15) is 0 Å². The molecular weight excluding hydrogens is 170 g/mol. The van der Waals surface area contributed by atoms with Crippen LogP contribution < -0.4 is 0 Å². The van der Waals surface area contributed by atoms with Gasteiger partial charge in [0.2, 0.25) is 0 Å². The summed E-state index contributed by atoms with van der Waals surface area (Å²) in [5, 5.41) is 0. The zero-order chi connectivity index (χ0) is 2.71. The largest absolute Gasteiger partial charge is 1.00 e. The zero-order valence-electron chi connectivity index (χ0n) is 3.80. The normalized spacial score (nSPS) is 5.50. The van der Waals surface area contributed by atoms with Crippen LogP contribution in [0.5, 0.6) is 0 Å². The maximum absolute atomic E-state index is 4.73. The molecule has 0 atom stereocenters. The van der Waals surface area contributed by atoms with Crippen LogP contribution in [0.4, 0.5) is 0 Å². The van der Waals surface area contributed by atoms with Crippen molar-refractivity contribution in [1.82, 2.24) is 0 Å². The number of hydrogen-bond donors (Lipinski definition) is 0. The average molecular weight is 172 g/mol. The van der Waals surface area contributed by atoms with E-state index < -0.39 is 0 Å². The molecule has 0 unspecified atom stereocenters. The molecule has 0 bridgehead atoms. The van der Waals surface area contributed by atoms with Gasteiger partial charge in [0.15, 0.2) is 0 Å². The van der Waals surface area contributed by atoms with Gasteiger partial charge in [-0.05, 0) is 0 Å². The molecule has 0 aliphatic rings. The number of rotatable bonds is 0. The van der Waals surface area contributed by atoms with Gasteiger partial charge in [0.25, 0.3) is 0 Å². The van der Waals surface area contributed by atoms with E-state index in [0.29, 0.717) is 12.9 Å². The molecule has 0 N–H and O–H groups in total. The van der Waals surface area contributed by atoms with Gasteiger partial charge >= 0.3 is 70.9 Å². The topological polar surface area (TPSA) is 0 Å². The molecule has 0 saturated carbocycles. The second-order valence-corrected chi connectivity index (χ2v) is 1.77. The monoisotopic (exact) mass is 171 g/mol. The first-order valence-corrected chi connectivity index (χ1v) is 3.12. The molecule has 0 amide bonds. The van der Waals surface area contributed by atoms with Gasteiger partial charge in [-0.1, -0.05) is 0 Å². The average Bonchev–Trinajstić information content (AvgIpc) is 0.918. The molecule has 0 fully saturated rings. The molecule has 0 radical (unpaired) electrons. The van der Waals surface area contributed by atoms with E-state index in [1.165, 1.54) is 0 Å². The number of halogens is 2. The first-order valence-electron chi connectivity index (χ1n) is 0.252. The van der Waals surface area contributed by atoms with Gasteiger partial charge in [0, 0.05) is 0 Å². The Bertz CT molecular complexity index is 11.5. The Morgan fingerprint density at radius 3 is 1.50 bits per heavy atom. The molecular formula is H2CaCl2Co. The van der Waals surface area contributed by atoms with Crippen molar-refractivity contribution in [3.8, 4) is 0 Å². The second kappa shape index (κ2) is 9.02. The predicted molar refractivity (Wildman–Crippen MR) is 19.7 cm³/mol. The summed E-state index contributed by atoms with van der Waals surface area (Å²) in [5.41, 5.74) is 0. The Morgan fingerprint density at radius 1 is 1.50 bits per heavy atom. The minimum atomic E-state index is 0. The smallest absolute Gasteiger partial charge is 1.00 e. The number of hydrogen-bond acceptors (Lipinski definition) is 0. The van der Waals surface area contributed by atoms with Crippen molar-refractivity contribution < 1.29 is 15.7 Å². The van der Waals surface area contributed by atoms with Crippen LogP contribution in [0, 0.1) is 0 Å². The molecule has 0 heterocycles. The minimum Gasteiger partial charge on any atom is -1.00 e. The van der Waals surface area contributed by atoms with E-state index in [1.807, 2.05) is 0 Å². The summed E-state index contributed by atoms with van der Waals surface area (Å²) in [4.78, 5) is 0. The van der Waals surface area contributed by atoms with E-state index in [2.05, 4.69) is 0 Å². The van der Waals surface area contributed by atoms with E-state index >= 15 is 0 Å². The fraction of sp³-hybridized carbons (Fsp3) is 0. The Hall–Kier alpha value is 2.35. The van der Waals surface area contributed by atoms with Gasteiger partial charge in [-0.15, -0.1) is 0 Å². The van der Waals surface area contributed by atoms with Crippen LogP contribution in [-0.2, 0) is 12.9 Å². The summed E-state index contributed by atoms with van der Waals surface area (Å²) in [6.45, 7) is 0. The van der Waals surface area contributed by atoms with Crippen LogP contribution in [0.3, 0.4) is 0 Å². The molecule has 0 aromatic carbocycles. The fourth-order valence-corrected chi connectivity index (χ4v) is 0. The summed E-state index contributed by atoms with van der Waals surface area (Å²) in [6, 6.07) is 0. The predicted octanol–water partition coefficient (Wildman–Crippen LogP) is 1.22. The minimum absolute atomic E-state index is 0. The molecule has 27 valence electrons. The van der Waals surface area contributed by atoms with Crippen LogP contribution in [0.1, 0.15) is 2.85 Å². The van der Waals surface area contributed by atoms with Crippen molar-refractivity contribution in [2.24, 2.45) is 0 Å². The quantitative estimate of drug-likeness (QED) is 0.482. The third-order valence-corrected chi connectivity index (χ3v) is 0. The molecule has 0 rings (SSSR count). The first-order chi connectivity index (χ1) is 1.41. The van der Waals surface area contributed by atoms with E-state index in [4.69, 9.17) is 20.3 Å². The van der Waals surface area contributed by atoms with Gasteiger partial charge in [-0.25, -0.2) is 0 Å². The van der Waals surface area contributed by atoms with Crippen molar-refractivity contribution in [3.63, 3.8) is 0 Å². The summed E-state index contributed by atoms with van der Waals surface area (Å²) in [6.07, 6.45) is 0. The molecule has 0 aromatic rings. The Labute approximate surface area is 72.7 Å². The third kappa shape index (κ3) is 8.84. The molecule has 0 spiro atoms. The first kappa shape index (κ1) is 9.60. The van der Waals surface area contributed by atoms with Gasteiger partial charge < -0.3 is 2.85 Å². The maximum Gasteiger partial charge on any atom is -1.00 e. The van der Waals surface area contributed by atoms with Crippen LogP contribution >= 0.6 is 20.3 Å². The molecule has 0 nitrogen and oxygen atoms in total. The summed E-state index contributed by atoms with van der Waals surface area (Å²) >= 11 is 0.382. The Balaban J connectivity index is -0.00000000667. The zero-order valence-corrected chi connectivity index (χ0v) is 6.56. The Kier molecular flexibility index (Phi) is 21.7. The second-order valence-electron chi connectivity index (χ2n) is 0.0476. The third-order valence-electron chi connectivity index (χ3n) is 0. The van der Waals surface area contributed by atoms with Gasteiger partial charge in [-0.3, -0.25) is 0 Å². The van der Waals surface area contributed by atoms with E-state index in [0.717, 1.165) is 0 Å². The standard InChI is InChI=1S/Ca.2ClH.Co.2H/h;2*1H;;;/q+2;;;+2;2*-1/p-2. The van der Waals surface area contributed by atoms with Crippen molar-refractivity contribution >= 4 is 58.0 Å². The summed E-state index contributed by atoms with van der Waals surface area (Å²) in [7, 11) is 9.47. The van der Waals surface area contributed by atoms with E-state index in [-0.39, 0.29) is 40.6 Å². The van der Waals surface area contributed by atoms with Gasteiger partial charge in [0.05, 0.1) is 0 Å². The molecule has 0 saturated heterocycles. The van der Waals surface area contributed by atoms with Crippen molar-refractivity contribution in [3.05, 3.63) is 0 Å². The maximum atomic E-state index is 4.73. The summed E-state index contributed by atoms with van der Waals surface area (Å²) < 4.78 is 0. The molecule has 0 aromatic heterocycles. The van der Waals surface area contributed by atoms with E-state index in [1.54, 1.807) is 0 Å². The van der Waals surface area contributed by atoms with E-state index in [9.17, 15) is 0 Å². The fourth-order valence-electron chi connectivity index (χ4n) is 0. The van der Waals surface area contributed by atoms with Crippen LogP contribution in [0.2, 0.25) is 0 Å². The summed E-state index contributed by atoms with van der Waals surface area (Å²) in [5.74, 6) is 0. The molecule has 4 heavy (non-hydrogen) atoms. The SMILES string of the molecule is [Ca+2].[Cl][Co][Cl].[H-].[H-]. The van der Waals surface area contributed by atoms with Crippen LogP contribution in [0.15, 0.2) is 0 Å². The van der Waals surface area contributed by atoms with Crippen LogP contribution in [-0.4, -0.2) is 37.7 Å². The van der Waals surface area contributed by atoms with Crippen LogP contribution in [0.25, 0.3) is 0 Å². The Morgan fingerprint density at radius 2 is 1.50 bits per heavy atom. The molecule has 0 aliphatic heterocycles. The molecule has 0 aliphatic carbocycles. The van der Waals surface area contributed by atoms with Crippen molar-refractivity contribution in [2.45, 2.75) is 0 Å². The van der Waals surface area contributed by atoms with Gasteiger partial charge in [0.1, 0.15) is 0 Å².